The molecule has 0 radical (unpaired) electrons. The van der Waals surface area contributed by atoms with Gasteiger partial charge in [0.2, 0.25) is 0 Å². The van der Waals surface area contributed by atoms with Gasteiger partial charge in [-0.05, 0) is 18.4 Å². The summed E-state index contributed by atoms with van der Waals surface area (Å²) >= 11 is 0. The van der Waals surface area contributed by atoms with E-state index in [0.717, 1.165) is 12.3 Å². The van der Waals surface area contributed by atoms with E-state index < -0.39 is 0 Å². The molecule has 0 bridgehead atoms. The lowest BCUT2D eigenvalue weighted by Crippen LogP contribution is -1.66. The lowest BCUT2D eigenvalue weighted by Gasteiger charge is -1.80. The minimum absolute atomic E-state index is 0.833. The number of allylic oxidation sites excluding steroid dienone is 1. The number of oxime groups is 1. The van der Waals surface area contributed by atoms with Gasteiger partial charge in [-0.1, -0.05) is 32.9 Å². The lowest BCUT2D eigenvalue weighted by molar-refractivity contribution is 0.271. The number of hydrogen-bond acceptors (Lipinski definition) is 2. The summed E-state index contributed by atoms with van der Waals surface area (Å²) in [4.78, 5) is 4.41. The van der Waals surface area contributed by atoms with Crippen molar-refractivity contribution in [3.8, 4) is 0 Å². The van der Waals surface area contributed by atoms with Crippen LogP contribution >= 0.6 is 0 Å². The second-order valence-electron chi connectivity index (χ2n) is 2.75. The maximum atomic E-state index is 4.41. The molecule has 11 heavy (non-hydrogen) atoms. The van der Waals surface area contributed by atoms with Gasteiger partial charge >= 0.3 is 0 Å². The second-order valence-corrected chi connectivity index (χ2v) is 2.75. The fourth-order valence-electron chi connectivity index (χ4n) is 0.182. The van der Waals surface area contributed by atoms with Gasteiger partial charge in [-0.2, -0.15) is 0 Å². The molecule has 2 nitrogen and oxygen atoms in total. The first-order chi connectivity index (χ1) is 5.15. The quantitative estimate of drug-likeness (QED) is 0.350. The first-order valence-corrected chi connectivity index (χ1v) is 3.92. The van der Waals surface area contributed by atoms with Crippen LogP contribution < -0.4 is 0 Å². The van der Waals surface area contributed by atoms with Crippen LogP contribution in [0.2, 0.25) is 0 Å². The zero-order valence-corrected chi connectivity index (χ0v) is 8.00. The van der Waals surface area contributed by atoms with Crippen molar-refractivity contribution in [3.63, 3.8) is 0 Å². The summed E-state index contributed by atoms with van der Waals surface area (Å²) in [6.45, 7) is 11.6. The molecule has 0 heterocycles. The Morgan fingerprint density at radius 2 is 1.91 bits per heavy atom. The van der Waals surface area contributed by atoms with Crippen LogP contribution in [0.15, 0.2) is 17.5 Å². The molecule has 0 atom stereocenters. The standard InChI is InChI=1S/C5H9NO.C4H10/c1-3-4-5-7-6-2;1-4(2)3/h4-5H,2-3H2,1H3;4H,1-3H3/b5-4-;. The van der Waals surface area contributed by atoms with E-state index in [-0.39, 0.29) is 0 Å². The normalized spacial score (nSPS) is 9.18. The predicted octanol–water partition coefficient (Wildman–Crippen LogP) is 3.20. The average Bonchev–Trinajstić information content (AvgIpc) is 1.88. The highest BCUT2D eigenvalue weighted by Crippen LogP contribution is 1.81. The fourth-order valence-corrected chi connectivity index (χ4v) is 0.182. The lowest BCUT2D eigenvalue weighted by atomic mass is 10.3. The molecule has 0 aromatic carbocycles. The molecular formula is C9H19NO. The van der Waals surface area contributed by atoms with Crippen molar-refractivity contribution in [1.29, 1.82) is 0 Å². The van der Waals surface area contributed by atoms with E-state index in [2.05, 4.69) is 37.5 Å². The van der Waals surface area contributed by atoms with Crippen molar-refractivity contribution < 1.29 is 4.84 Å². The average molecular weight is 157 g/mol. The van der Waals surface area contributed by atoms with Gasteiger partial charge in [0, 0.05) is 6.72 Å². The van der Waals surface area contributed by atoms with Gasteiger partial charge in [0.25, 0.3) is 0 Å². The molecule has 0 saturated heterocycles. The molecule has 0 saturated carbocycles. The molecule has 2 heteroatoms. The van der Waals surface area contributed by atoms with Gasteiger partial charge in [0.15, 0.2) is 0 Å². The highest BCUT2D eigenvalue weighted by atomic mass is 16.6. The fraction of sp³-hybridized carbons (Fsp3) is 0.667. The highest BCUT2D eigenvalue weighted by Gasteiger charge is 1.68. The molecule has 66 valence electrons. The third-order valence-corrected chi connectivity index (χ3v) is 0.467. The van der Waals surface area contributed by atoms with Crippen LogP contribution in [-0.2, 0) is 4.84 Å². The first kappa shape index (κ1) is 12.8. The van der Waals surface area contributed by atoms with Crippen molar-refractivity contribution in [2.45, 2.75) is 34.1 Å². The summed E-state index contributed by atoms with van der Waals surface area (Å²) in [7, 11) is 0. The Labute approximate surface area is 69.9 Å². The third-order valence-electron chi connectivity index (χ3n) is 0.467. The molecule has 0 aliphatic carbocycles. The Balaban J connectivity index is 0. The third kappa shape index (κ3) is 46.5. The van der Waals surface area contributed by atoms with E-state index in [1.54, 1.807) is 0 Å². The van der Waals surface area contributed by atoms with Crippen LogP contribution in [0.1, 0.15) is 34.1 Å². The first-order valence-electron chi connectivity index (χ1n) is 3.92. The van der Waals surface area contributed by atoms with Crippen LogP contribution in [0.5, 0.6) is 0 Å². The Morgan fingerprint density at radius 1 is 1.45 bits per heavy atom. The second kappa shape index (κ2) is 11.9. The van der Waals surface area contributed by atoms with Crippen molar-refractivity contribution >= 4 is 6.72 Å². The van der Waals surface area contributed by atoms with Gasteiger partial charge in [-0.15, -0.1) is 0 Å². The van der Waals surface area contributed by atoms with Gasteiger partial charge in [0.1, 0.15) is 6.26 Å². The van der Waals surface area contributed by atoms with E-state index in [4.69, 9.17) is 0 Å². The minimum Gasteiger partial charge on any atom is -0.366 e. The monoisotopic (exact) mass is 157 g/mol. The summed E-state index contributed by atoms with van der Waals surface area (Å²) in [5.74, 6) is 0.833. The molecule has 0 aromatic rings. The summed E-state index contributed by atoms with van der Waals surface area (Å²) in [5, 5.41) is 3.14. The molecule has 0 unspecified atom stereocenters. The van der Waals surface area contributed by atoms with E-state index in [1.807, 2.05) is 13.0 Å². The topological polar surface area (TPSA) is 21.6 Å². The number of hydrogen-bond donors (Lipinski definition) is 0. The number of rotatable bonds is 3. The predicted molar refractivity (Wildman–Crippen MR) is 50.6 cm³/mol. The van der Waals surface area contributed by atoms with Crippen molar-refractivity contribution in [2.24, 2.45) is 11.1 Å². The molecule has 0 aliphatic heterocycles. The molecule has 0 fully saturated rings. The van der Waals surface area contributed by atoms with Crippen molar-refractivity contribution in [2.75, 3.05) is 0 Å². The Hall–Kier alpha value is -0.790. The van der Waals surface area contributed by atoms with Crippen LogP contribution in [0.4, 0.5) is 0 Å². The van der Waals surface area contributed by atoms with E-state index in [1.165, 1.54) is 6.26 Å². The van der Waals surface area contributed by atoms with Crippen LogP contribution in [0, 0.1) is 5.92 Å². The summed E-state index contributed by atoms with van der Waals surface area (Å²) in [5.41, 5.74) is 0. The zero-order valence-electron chi connectivity index (χ0n) is 8.00. The maximum Gasteiger partial charge on any atom is 0.118 e. The Bertz CT molecular complexity index is 95.0. The van der Waals surface area contributed by atoms with Crippen LogP contribution in [0.3, 0.4) is 0 Å². The summed E-state index contributed by atoms with van der Waals surface area (Å²) in [6, 6.07) is 0. The zero-order chi connectivity index (χ0) is 9.11. The molecule has 0 N–H and O–H groups in total. The molecular weight excluding hydrogens is 138 g/mol. The number of nitrogens with zero attached hydrogens (tertiary/aromatic N) is 1. The molecule has 0 rings (SSSR count). The molecule has 0 spiro atoms. The molecule has 0 aromatic heterocycles. The largest absolute Gasteiger partial charge is 0.366 e. The van der Waals surface area contributed by atoms with Crippen LogP contribution in [-0.4, -0.2) is 6.72 Å². The van der Waals surface area contributed by atoms with E-state index in [9.17, 15) is 0 Å². The van der Waals surface area contributed by atoms with Crippen molar-refractivity contribution in [3.05, 3.63) is 12.3 Å². The van der Waals surface area contributed by atoms with Crippen molar-refractivity contribution in [1.82, 2.24) is 0 Å². The minimum atomic E-state index is 0.833. The highest BCUT2D eigenvalue weighted by molar-refractivity contribution is 5.21. The summed E-state index contributed by atoms with van der Waals surface area (Å²) < 4.78 is 0. The van der Waals surface area contributed by atoms with Gasteiger partial charge in [-0.25, -0.2) is 0 Å². The van der Waals surface area contributed by atoms with Gasteiger partial charge in [-0.3, -0.25) is 0 Å². The smallest absolute Gasteiger partial charge is 0.118 e. The van der Waals surface area contributed by atoms with Gasteiger partial charge < -0.3 is 4.84 Å². The summed E-state index contributed by atoms with van der Waals surface area (Å²) in [6.07, 6.45) is 4.33. The maximum absolute atomic E-state index is 4.41. The SMILES string of the molecule is C=NO/C=C\CC.CC(C)C. The molecule has 0 aliphatic rings. The van der Waals surface area contributed by atoms with Gasteiger partial charge in [0.05, 0.1) is 0 Å². The van der Waals surface area contributed by atoms with E-state index >= 15 is 0 Å². The molecule has 0 amide bonds. The van der Waals surface area contributed by atoms with Crippen LogP contribution in [0.25, 0.3) is 0 Å². The van der Waals surface area contributed by atoms with E-state index in [0.29, 0.717) is 0 Å². The Kier molecular flexibility index (Phi) is 13.9. The Morgan fingerprint density at radius 3 is 2.18 bits per heavy atom.